The molecule has 3 nitrogen and oxygen atoms in total. The second-order valence-electron chi connectivity index (χ2n) is 5.60. The maximum Gasteiger partial charge on any atom is 0.0107 e. The molecule has 0 aromatic heterocycles. The van der Waals surface area contributed by atoms with Gasteiger partial charge in [0.05, 0.1) is 0 Å². The first-order chi connectivity index (χ1) is 8.22. The van der Waals surface area contributed by atoms with Gasteiger partial charge in [0.2, 0.25) is 0 Å². The van der Waals surface area contributed by atoms with Crippen LogP contribution in [0.5, 0.6) is 0 Å². The van der Waals surface area contributed by atoms with Crippen molar-refractivity contribution < 1.29 is 0 Å². The summed E-state index contributed by atoms with van der Waals surface area (Å²) in [6, 6.07) is 0. The molecule has 0 radical (unpaired) electrons. The van der Waals surface area contributed by atoms with Gasteiger partial charge >= 0.3 is 0 Å². The summed E-state index contributed by atoms with van der Waals surface area (Å²) in [7, 11) is 4.27. The zero-order valence-electron chi connectivity index (χ0n) is 12.0. The highest BCUT2D eigenvalue weighted by Crippen LogP contribution is 2.26. The molecule has 3 heteroatoms. The number of hydrogen-bond acceptors (Lipinski definition) is 3. The molecule has 1 N–H and O–H groups in total. The lowest BCUT2D eigenvalue weighted by Gasteiger charge is -2.31. The van der Waals surface area contributed by atoms with Crippen molar-refractivity contribution in [2.24, 2.45) is 5.92 Å². The molecule has 102 valence electrons. The molecule has 17 heavy (non-hydrogen) atoms. The molecule has 1 aliphatic rings. The van der Waals surface area contributed by atoms with Crippen LogP contribution in [0.1, 0.15) is 32.6 Å². The van der Waals surface area contributed by atoms with Crippen LogP contribution in [-0.4, -0.2) is 63.2 Å². The van der Waals surface area contributed by atoms with E-state index in [9.17, 15) is 0 Å². The van der Waals surface area contributed by atoms with Crippen molar-refractivity contribution in [2.45, 2.75) is 32.6 Å². The number of rotatable bonds is 10. The molecule has 0 heterocycles. The Bertz CT molecular complexity index is 178. The van der Waals surface area contributed by atoms with Crippen molar-refractivity contribution in [2.75, 3.05) is 53.4 Å². The van der Waals surface area contributed by atoms with E-state index in [0.717, 1.165) is 19.0 Å². The number of nitrogens with one attached hydrogen (secondary N) is 1. The van der Waals surface area contributed by atoms with Crippen LogP contribution in [0.15, 0.2) is 0 Å². The minimum absolute atomic E-state index is 1.00. The maximum atomic E-state index is 3.55. The van der Waals surface area contributed by atoms with Crippen LogP contribution in [0, 0.1) is 5.92 Å². The molecule has 0 spiro atoms. The van der Waals surface area contributed by atoms with E-state index >= 15 is 0 Å². The van der Waals surface area contributed by atoms with Gasteiger partial charge in [0.25, 0.3) is 0 Å². The third-order valence-corrected chi connectivity index (χ3v) is 3.75. The zero-order chi connectivity index (χ0) is 12.5. The summed E-state index contributed by atoms with van der Waals surface area (Å²) < 4.78 is 0. The number of hydrogen-bond donors (Lipinski definition) is 1. The lowest BCUT2D eigenvalue weighted by atomic mass is 9.85. The van der Waals surface area contributed by atoms with Gasteiger partial charge in [-0.1, -0.05) is 13.3 Å². The molecule has 0 atom stereocenters. The lowest BCUT2D eigenvalue weighted by molar-refractivity contribution is 0.184. The molecule has 0 unspecified atom stereocenters. The highest BCUT2D eigenvalue weighted by atomic mass is 15.1. The molecule has 0 aromatic rings. The topological polar surface area (TPSA) is 18.5 Å². The predicted molar refractivity (Wildman–Crippen MR) is 75.5 cm³/mol. The van der Waals surface area contributed by atoms with Gasteiger partial charge in [-0.3, -0.25) is 0 Å². The lowest BCUT2D eigenvalue weighted by Crippen LogP contribution is -2.37. The minimum Gasteiger partial charge on any atom is -0.315 e. The summed E-state index contributed by atoms with van der Waals surface area (Å²) in [5.41, 5.74) is 0. The van der Waals surface area contributed by atoms with Gasteiger partial charge in [0.1, 0.15) is 0 Å². The summed E-state index contributed by atoms with van der Waals surface area (Å²) in [5.74, 6) is 1.00. The van der Waals surface area contributed by atoms with E-state index in [-0.39, 0.29) is 0 Å². The van der Waals surface area contributed by atoms with Gasteiger partial charge in [-0.2, -0.15) is 0 Å². The summed E-state index contributed by atoms with van der Waals surface area (Å²) in [6.45, 7) is 9.52. The first kappa shape index (κ1) is 14.9. The number of nitrogens with zero attached hydrogens (tertiary/aromatic N) is 2. The molecule has 1 rings (SSSR count). The van der Waals surface area contributed by atoms with E-state index < -0.39 is 0 Å². The highest BCUT2D eigenvalue weighted by Gasteiger charge is 2.19. The Morgan fingerprint density at radius 2 is 1.88 bits per heavy atom. The van der Waals surface area contributed by atoms with E-state index in [1.54, 1.807) is 0 Å². The van der Waals surface area contributed by atoms with Crippen LogP contribution >= 0.6 is 0 Å². The summed E-state index contributed by atoms with van der Waals surface area (Å²) in [6.07, 6.45) is 5.65. The van der Waals surface area contributed by atoms with Crippen LogP contribution in [0.4, 0.5) is 0 Å². The summed E-state index contributed by atoms with van der Waals surface area (Å²) in [4.78, 5) is 4.85. The third-order valence-electron chi connectivity index (χ3n) is 3.75. The molecule has 1 saturated carbocycles. The molecule has 1 fully saturated rings. The molecule has 0 amide bonds. The van der Waals surface area contributed by atoms with Crippen molar-refractivity contribution >= 4 is 0 Å². The van der Waals surface area contributed by atoms with Crippen LogP contribution in [0.2, 0.25) is 0 Å². The smallest absolute Gasteiger partial charge is 0.0107 e. The Hall–Kier alpha value is -0.120. The zero-order valence-corrected chi connectivity index (χ0v) is 12.0. The monoisotopic (exact) mass is 241 g/mol. The Balaban J connectivity index is 1.91. The largest absolute Gasteiger partial charge is 0.315 e. The normalized spacial score (nSPS) is 16.8. The van der Waals surface area contributed by atoms with E-state index in [2.05, 4.69) is 36.1 Å². The quantitative estimate of drug-likeness (QED) is 0.587. The Labute approximate surface area is 108 Å². The first-order valence-corrected chi connectivity index (χ1v) is 7.30. The average molecular weight is 241 g/mol. The molecule has 0 bridgehead atoms. The fourth-order valence-corrected chi connectivity index (χ4v) is 2.30. The molecule has 0 aliphatic heterocycles. The van der Waals surface area contributed by atoms with Gasteiger partial charge in [0, 0.05) is 19.6 Å². The van der Waals surface area contributed by atoms with E-state index in [1.807, 2.05) is 0 Å². The standard InChI is InChI=1S/C14H31N3/c1-4-17(13-14-7-5-8-14)12-10-15-9-6-11-16(2)3/h14-15H,4-13H2,1-3H3. The Kier molecular flexibility index (Phi) is 7.82. The van der Waals surface area contributed by atoms with Gasteiger partial charge in [0.15, 0.2) is 0 Å². The molecule has 1 aliphatic carbocycles. The second-order valence-corrected chi connectivity index (χ2v) is 5.60. The average Bonchev–Trinajstić information content (AvgIpc) is 2.24. The minimum atomic E-state index is 1.00. The van der Waals surface area contributed by atoms with Crippen molar-refractivity contribution in [1.29, 1.82) is 0 Å². The van der Waals surface area contributed by atoms with Crippen molar-refractivity contribution in [3.63, 3.8) is 0 Å². The second kappa shape index (κ2) is 8.90. The van der Waals surface area contributed by atoms with Crippen LogP contribution in [0.25, 0.3) is 0 Å². The predicted octanol–water partition coefficient (Wildman–Crippen LogP) is 1.65. The first-order valence-electron chi connectivity index (χ1n) is 7.30. The maximum absolute atomic E-state index is 3.55. The number of likely N-dealkylation sites (N-methyl/N-ethyl adjacent to an activating group) is 1. The van der Waals surface area contributed by atoms with Crippen molar-refractivity contribution in [3.05, 3.63) is 0 Å². The third kappa shape index (κ3) is 7.02. The van der Waals surface area contributed by atoms with Crippen LogP contribution in [-0.2, 0) is 0 Å². The van der Waals surface area contributed by atoms with E-state index in [4.69, 9.17) is 0 Å². The van der Waals surface area contributed by atoms with Gasteiger partial charge in [-0.25, -0.2) is 0 Å². The Morgan fingerprint density at radius 3 is 2.41 bits per heavy atom. The molecular formula is C14H31N3. The SMILES string of the molecule is CCN(CCNCCCN(C)C)CC1CCC1. The summed E-state index contributed by atoms with van der Waals surface area (Å²) in [5, 5.41) is 3.55. The fraction of sp³-hybridized carbons (Fsp3) is 1.00. The fourth-order valence-electron chi connectivity index (χ4n) is 2.30. The Morgan fingerprint density at radius 1 is 1.12 bits per heavy atom. The van der Waals surface area contributed by atoms with Gasteiger partial charge in [-0.15, -0.1) is 0 Å². The van der Waals surface area contributed by atoms with Gasteiger partial charge in [-0.05, 0) is 58.9 Å². The molecule has 0 saturated heterocycles. The van der Waals surface area contributed by atoms with Crippen LogP contribution in [0.3, 0.4) is 0 Å². The van der Waals surface area contributed by atoms with E-state index in [0.29, 0.717) is 0 Å². The van der Waals surface area contributed by atoms with Crippen LogP contribution < -0.4 is 5.32 Å². The highest BCUT2D eigenvalue weighted by molar-refractivity contribution is 4.73. The van der Waals surface area contributed by atoms with Crippen molar-refractivity contribution in [1.82, 2.24) is 15.1 Å². The van der Waals surface area contributed by atoms with E-state index in [1.165, 1.54) is 51.9 Å². The van der Waals surface area contributed by atoms with Gasteiger partial charge < -0.3 is 15.1 Å². The molecular weight excluding hydrogens is 210 g/mol. The molecule has 0 aromatic carbocycles. The summed E-state index contributed by atoms with van der Waals surface area (Å²) >= 11 is 0. The van der Waals surface area contributed by atoms with Crippen molar-refractivity contribution in [3.8, 4) is 0 Å².